The molecule has 1 unspecified atom stereocenters. The lowest BCUT2D eigenvalue weighted by atomic mass is 10.1. The standard InChI is InChI=1S/C14H16N2O3/c1-4-5-11(15)13(17)16-12-7-6-9(2)8-10(12)14(18)19-3/h1,6-8,11H,5,15H2,2-3H3,(H,16,17). The predicted octanol–water partition coefficient (Wildman–Crippen LogP) is 1.07. The molecular formula is C14H16N2O3. The van der Waals surface area contributed by atoms with Gasteiger partial charge in [0.25, 0.3) is 0 Å². The molecule has 0 saturated heterocycles. The molecule has 0 aromatic heterocycles. The Bertz CT molecular complexity index is 532. The summed E-state index contributed by atoms with van der Waals surface area (Å²) in [5.74, 6) is 1.35. The number of ether oxygens (including phenoxy) is 1. The third-order valence-electron chi connectivity index (χ3n) is 2.51. The number of carbonyl (C=O) groups is 2. The Labute approximate surface area is 112 Å². The van der Waals surface area contributed by atoms with Crippen molar-refractivity contribution in [1.29, 1.82) is 0 Å². The van der Waals surface area contributed by atoms with E-state index < -0.39 is 17.9 Å². The molecule has 1 amide bonds. The molecule has 1 atom stereocenters. The first kappa shape index (κ1) is 14.7. The van der Waals surface area contributed by atoms with Gasteiger partial charge >= 0.3 is 5.97 Å². The van der Waals surface area contributed by atoms with E-state index in [0.717, 1.165) is 5.56 Å². The van der Waals surface area contributed by atoms with Gasteiger partial charge in [0, 0.05) is 6.42 Å². The maximum atomic E-state index is 11.8. The summed E-state index contributed by atoms with van der Waals surface area (Å²) in [5, 5.41) is 2.58. The number of terminal acetylenes is 1. The van der Waals surface area contributed by atoms with Crippen molar-refractivity contribution in [3.8, 4) is 12.3 Å². The second-order valence-corrected chi connectivity index (χ2v) is 4.04. The van der Waals surface area contributed by atoms with Gasteiger partial charge < -0.3 is 15.8 Å². The van der Waals surface area contributed by atoms with Gasteiger partial charge in [0.15, 0.2) is 0 Å². The van der Waals surface area contributed by atoms with Crippen LogP contribution in [0.2, 0.25) is 0 Å². The highest BCUT2D eigenvalue weighted by Gasteiger charge is 2.17. The van der Waals surface area contributed by atoms with E-state index in [9.17, 15) is 9.59 Å². The molecular weight excluding hydrogens is 244 g/mol. The Morgan fingerprint density at radius 2 is 2.21 bits per heavy atom. The number of methoxy groups -OCH3 is 1. The molecule has 1 aromatic carbocycles. The minimum absolute atomic E-state index is 0.130. The lowest BCUT2D eigenvalue weighted by Gasteiger charge is -2.13. The highest BCUT2D eigenvalue weighted by Crippen LogP contribution is 2.18. The van der Waals surface area contributed by atoms with E-state index in [1.54, 1.807) is 18.2 Å². The van der Waals surface area contributed by atoms with Crippen molar-refractivity contribution in [3.05, 3.63) is 29.3 Å². The van der Waals surface area contributed by atoms with Crippen molar-refractivity contribution in [3.63, 3.8) is 0 Å². The number of amides is 1. The maximum Gasteiger partial charge on any atom is 0.339 e. The Balaban J connectivity index is 2.98. The van der Waals surface area contributed by atoms with Gasteiger partial charge in [-0.15, -0.1) is 12.3 Å². The summed E-state index contributed by atoms with van der Waals surface area (Å²) < 4.78 is 4.67. The highest BCUT2D eigenvalue weighted by molar-refractivity contribution is 6.02. The van der Waals surface area contributed by atoms with Gasteiger partial charge in [-0.3, -0.25) is 4.79 Å². The van der Waals surface area contributed by atoms with Crippen LogP contribution in [0, 0.1) is 19.3 Å². The predicted molar refractivity (Wildman–Crippen MR) is 72.6 cm³/mol. The number of benzene rings is 1. The minimum atomic E-state index is -0.809. The second kappa shape index (κ2) is 6.57. The molecule has 0 saturated carbocycles. The Hall–Kier alpha value is -2.32. The molecule has 0 spiro atoms. The van der Waals surface area contributed by atoms with Gasteiger partial charge in [-0.25, -0.2) is 4.79 Å². The van der Waals surface area contributed by atoms with Crippen molar-refractivity contribution in [2.24, 2.45) is 5.73 Å². The molecule has 5 nitrogen and oxygen atoms in total. The monoisotopic (exact) mass is 260 g/mol. The smallest absolute Gasteiger partial charge is 0.339 e. The SMILES string of the molecule is C#CCC(N)C(=O)Nc1ccc(C)cc1C(=O)OC. The van der Waals surface area contributed by atoms with Crippen molar-refractivity contribution < 1.29 is 14.3 Å². The summed E-state index contributed by atoms with van der Waals surface area (Å²) >= 11 is 0. The number of nitrogens with one attached hydrogen (secondary N) is 1. The third kappa shape index (κ3) is 3.83. The van der Waals surface area contributed by atoms with Crippen LogP contribution in [0.1, 0.15) is 22.3 Å². The van der Waals surface area contributed by atoms with Gasteiger partial charge in [-0.05, 0) is 19.1 Å². The first-order valence-electron chi connectivity index (χ1n) is 5.68. The van der Waals surface area contributed by atoms with Crippen molar-refractivity contribution in [2.75, 3.05) is 12.4 Å². The number of rotatable bonds is 4. The Morgan fingerprint density at radius 3 is 2.79 bits per heavy atom. The number of aryl methyl sites for hydroxylation is 1. The molecule has 0 bridgehead atoms. The molecule has 3 N–H and O–H groups in total. The summed E-state index contributed by atoms with van der Waals surface area (Å²) in [6.45, 7) is 1.84. The first-order chi connectivity index (χ1) is 8.99. The average Bonchev–Trinajstić information content (AvgIpc) is 2.40. The Morgan fingerprint density at radius 1 is 1.53 bits per heavy atom. The van der Waals surface area contributed by atoms with Crippen LogP contribution in [0.5, 0.6) is 0 Å². The fraction of sp³-hybridized carbons (Fsp3) is 0.286. The molecule has 0 aliphatic rings. The summed E-state index contributed by atoms with van der Waals surface area (Å²) in [7, 11) is 1.28. The molecule has 0 fully saturated rings. The van der Waals surface area contributed by atoms with Crippen molar-refractivity contribution in [1.82, 2.24) is 0 Å². The zero-order chi connectivity index (χ0) is 14.4. The average molecular weight is 260 g/mol. The quantitative estimate of drug-likeness (QED) is 0.626. The molecule has 0 aliphatic heterocycles. The van der Waals surface area contributed by atoms with E-state index in [1.807, 2.05) is 6.92 Å². The van der Waals surface area contributed by atoms with Gasteiger partial charge in [0.05, 0.1) is 24.4 Å². The fourth-order valence-electron chi connectivity index (χ4n) is 1.49. The van der Waals surface area contributed by atoms with Gasteiger partial charge in [-0.1, -0.05) is 11.6 Å². The molecule has 1 rings (SSSR count). The highest BCUT2D eigenvalue weighted by atomic mass is 16.5. The van der Waals surface area contributed by atoms with Crippen LogP contribution in [-0.2, 0) is 9.53 Å². The van der Waals surface area contributed by atoms with Crippen LogP contribution in [-0.4, -0.2) is 25.0 Å². The van der Waals surface area contributed by atoms with Crippen LogP contribution in [0.25, 0.3) is 0 Å². The third-order valence-corrected chi connectivity index (χ3v) is 2.51. The number of hydrogen-bond acceptors (Lipinski definition) is 4. The molecule has 0 aliphatic carbocycles. The molecule has 0 radical (unpaired) electrons. The summed E-state index contributed by atoms with van der Waals surface area (Å²) in [6, 6.07) is 4.22. The lowest BCUT2D eigenvalue weighted by Crippen LogP contribution is -2.35. The van der Waals surface area contributed by atoms with Gasteiger partial charge in [0.2, 0.25) is 5.91 Å². The number of anilines is 1. The van der Waals surface area contributed by atoms with E-state index in [-0.39, 0.29) is 12.0 Å². The maximum absolute atomic E-state index is 11.8. The summed E-state index contributed by atoms with van der Waals surface area (Å²) in [5.41, 5.74) is 7.11. The second-order valence-electron chi connectivity index (χ2n) is 4.04. The van der Waals surface area contributed by atoms with Crippen molar-refractivity contribution >= 4 is 17.6 Å². The number of esters is 1. The van der Waals surface area contributed by atoms with E-state index in [4.69, 9.17) is 12.2 Å². The van der Waals surface area contributed by atoms with Crippen LogP contribution >= 0.6 is 0 Å². The molecule has 19 heavy (non-hydrogen) atoms. The fourth-order valence-corrected chi connectivity index (χ4v) is 1.49. The van der Waals surface area contributed by atoms with Crippen LogP contribution in [0.3, 0.4) is 0 Å². The molecule has 100 valence electrons. The minimum Gasteiger partial charge on any atom is -0.465 e. The van der Waals surface area contributed by atoms with Gasteiger partial charge in [0.1, 0.15) is 0 Å². The van der Waals surface area contributed by atoms with Crippen LogP contribution < -0.4 is 11.1 Å². The van der Waals surface area contributed by atoms with Gasteiger partial charge in [-0.2, -0.15) is 0 Å². The van der Waals surface area contributed by atoms with Crippen LogP contribution in [0.4, 0.5) is 5.69 Å². The van der Waals surface area contributed by atoms with Crippen LogP contribution in [0.15, 0.2) is 18.2 Å². The number of hydrogen-bond donors (Lipinski definition) is 2. The normalized spacial score (nSPS) is 11.3. The summed E-state index contributed by atoms with van der Waals surface area (Å²) in [4.78, 5) is 23.4. The van der Waals surface area contributed by atoms with E-state index >= 15 is 0 Å². The number of nitrogens with two attached hydrogens (primary N) is 1. The molecule has 0 heterocycles. The molecule has 5 heteroatoms. The number of carbonyl (C=O) groups excluding carboxylic acids is 2. The topological polar surface area (TPSA) is 81.4 Å². The zero-order valence-electron chi connectivity index (χ0n) is 10.9. The largest absolute Gasteiger partial charge is 0.465 e. The Kier molecular flexibility index (Phi) is 5.10. The van der Waals surface area contributed by atoms with E-state index in [1.165, 1.54) is 7.11 Å². The van der Waals surface area contributed by atoms with E-state index in [2.05, 4.69) is 16.0 Å². The van der Waals surface area contributed by atoms with E-state index in [0.29, 0.717) is 5.69 Å². The molecule has 1 aromatic rings. The first-order valence-corrected chi connectivity index (χ1v) is 5.68. The zero-order valence-corrected chi connectivity index (χ0v) is 10.9. The lowest BCUT2D eigenvalue weighted by molar-refractivity contribution is -0.117. The van der Waals surface area contributed by atoms with Crippen molar-refractivity contribution in [2.45, 2.75) is 19.4 Å². The summed E-state index contributed by atoms with van der Waals surface area (Å²) in [6.07, 6.45) is 5.23.